The normalized spacial score (nSPS) is 19.7. The molecule has 1 aromatic carbocycles. The van der Waals surface area contributed by atoms with Crippen LogP contribution >= 0.6 is 11.3 Å². The van der Waals surface area contributed by atoms with Crippen LogP contribution < -0.4 is 10.2 Å². The minimum absolute atomic E-state index is 0.0356. The molecule has 0 unspecified atom stereocenters. The van der Waals surface area contributed by atoms with Gasteiger partial charge in [-0.3, -0.25) is 9.59 Å². The van der Waals surface area contributed by atoms with E-state index in [1.807, 2.05) is 24.1 Å². The zero-order chi connectivity index (χ0) is 19.4. The van der Waals surface area contributed by atoms with E-state index in [1.54, 1.807) is 24.3 Å². The molecular formula is C20H23FN2O3S. The summed E-state index contributed by atoms with van der Waals surface area (Å²) in [5, 5.41) is 4.49. The van der Waals surface area contributed by atoms with Crippen molar-refractivity contribution in [2.45, 2.75) is 38.9 Å². The highest BCUT2D eigenvalue weighted by Crippen LogP contribution is 2.26. The fourth-order valence-electron chi connectivity index (χ4n) is 3.23. The standard InChI is InChI=1S/C20H23FN2O3S/c1-13-11-23(12-14(2)26-13)17-6-5-15(10-16(17)21)22-20(25)8-7-18(24)19-4-3-9-27-19/h3-6,9-10,13-14H,7-8,11-12H2,1-2H3,(H,22,25)/t13-,14-/m1/s1. The predicted octanol–water partition coefficient (Wildman–Crippen LogP) is 4.10. The first kappa shape index (κ1) is 19.5. The first-order valence-corrected chi connectivity index (χ1v) is 9.87. The van der Waals surface area contributed by atoms with Crippen LogP contribution in [0.15, 0.2) is 35.7 Å². The molecule has 0 aliphatic carbocycles. The fraction of sp³-hybridized carbons (Fsp3) is 0.400. The second-order valence-corrected chi connectivity index (χ2v) is 7.72. The van der Waals surface area contributed by atoms with Crippen molar-refractivity contribution in [2.75, 3.05) is 23.3 Å². The lowest BCUT2D eigenvalue weighted by Crippen LogP contribution is -2.45. The SMILES string of the molecule is C[C@@H]1CN(c2ccc(NC(=O)CCC(=O)c3cccs3)cc2F)C[C@@H](C)O1. The van der Waals surface area contributed by atoms with Gasteiger partial charge in [-0.2, -0.15) is 0 Å². The maximum absolute atomic E-state index is 14.6. The van der Waals surface area contributed by atoms with E-state index >= 15 is 0 Å². The van der Waals surface area contributed by atoms with Crippen LogP contribution in [-0.2, 0) is 9.53 Å². The van der Waals surface area contributed by atoms with Crippen molar-refractivity contribution in [3.8, 4) is 0 Å². The molecule has 3 rings (SSSR count). The summed E-state index contributed by atoms with van der Waals surface area (Å²) in [6.45, 7) is 5.18. The van der Waals surface area contributed by atoms with Gasteiger partial charge < -0.3 is 15.0 Å². The van der Waals surface area contributed by atoms with Gasteiger partial charge in [0.15, 0.2) is 5.78 Å². The number of halogens is 1. The summed E-state index contributed by atoms with van der Waals surface area (Å²) in [7, 11) is 0. The Morgan fingerprint density at radius 1 is 1.22 bits per heavy atom. The van der Waals surface area contributed by atoms with E-state index in [0.717, 1.165) is 0 Å². The van der Waals surface area contributed by atoms with Gasteiger partial charge in [0.2, 0.25) is 5.91 Å². The molecule has 1 fully saturated rings. The van der Waals surface area contributed by atoms with Gasteiger partial charge in [0, 0.05) is 31.6 Å². The average Bonchev–Trinajstić information content (AvgIpc) is 3.13. The molecule has 1 aliphatic heterocycles. The number of nitrogens with one attached hydrogen (secondary N) is 1. The Balaban J connectivity index is 1.57. The molecule has 0 spiro atoms. The number of anilines is 2. The summed E-state index contributed by atoms with van der Waals surface area (Å²) < 4.78 is 20.2. The molecule has 7 heteroatoms. The van der Waals surface area contributed by atoms with Gasteiger partial charge >= 0.3 is 0 Å². The number of morpholine rings is 1. The molecule has 144 valence electrons. The Hall–Kier alpha value is -2.25. The van der Waals surface area contributed by atoms with E-state index < -0.39 is 0 Å². The molecule has 27 heavy (non-hydrogen) atoms. The minimum Gasteiger partial charge on any atom is -0.372 e. The molecule has 1 saturated heterocycles. The number of hydrogen-bond donors (Lipinski definition) is 1. The number of amides is 1. The van der Waals surface area contributed by atoms with E-state index in [-0.39, 0.29) is 42.6 Å². The summed E-state index contributed by atoms with van der Waals surface area (Å²) in [5.74, 6) is -0.748. The predicted molar refractivity (Wildman–Crippen MR) is 105 cm³/mol. The topological polar surface area (TPSA) is 58.6 Å². The Morgan fingerprint density at radius 3 is 2.59 bits per heavy atom. The van der Waals surface area contributed by atoms with E-state index in [1.165, 1.54) is 17.4 Å². The zero-order valence-corrected chi connectivity index (χ0v) is 16.2. The summed E-state index contributed by atoms with van der Waals surface area (Å²) in [4.78, 5) is 26.6. The number of benzene rings is 1. The van der Waals surface area contributed by atoms with Crippen molar-refractivity contribution in [3.63, 3.8) is 0 Å². The van der Waals surface area contributed by atoms with Crippen molar-refractivity contribution >= 4 is 34.4 Å². The van der Waals surface area contributed by atoms with Crippen LogP contribution in [0.1, 0.15) is 36.4 Å². The van der Waals surface area contributed by atoms with Gasteiger partial charge in [-0.25, -0.2) is 4.39 Å². The number of Topliss-reactive ketones (excluding diaryl/α,β-unsaturated/α-hetero) is 1. The number of ketones is 1. The molecule has 2 heterocycles. The number of thiophene rings is 1. The molecule has 2 atom stereocenters. The molecule has 1 aliphatic rings. The van der Waals surface area contributed by atoms with Crippen LogP contribution in [0, 0.1) is 5.82 Å². The van der Waals surface area contributed by atoms with E-state index in [2.05, 4.69) is 5.32 Å². The molecule has 0 radical (unpaired) electrons. The maximum Gasteiger partial charge on any atom is 0.224 e. The van der Waals surface area contributed by atoms with Crippen LogP contribution in [0.25, 0.3) is 0 Å². The van der Waals surface area contributed by atoms with Crippen molar-refractivity contribution in [3.05, 3.63) is 46.4 Å². The van der Waals surface area contributed by atoms with Gasteiger partial charge in [-0.1, -0.05) is 6.07 Å². The monoisotopic (exact) mass is 390 g/mol. The van der Waals surface area contributed by atoms with Crippen LogP contribution in [0.2, 0.25) is 0 Å². The second kappa shape index (κ2) is 8.63. The molecule has 0 bridgehead atoms. The first-order chi connectivity index (χ1) is 12.9. The van der Waals surface area contributed by atoms with E-state index in [0.29, 0.717) is 29.3 Å². The molecular weight excluding hydrogens is 367 g/mol. The van der Waals surface area contributed by atoms with Crippen LogP contribution in [0.3, 0.4) is 0 Å². The maximum atomic E-state index is 14.6. The number of carbonyl (C=O) groups excluding carboxylic acids is 2. The third-order valence-corrected chi connectivity index (χ3v) is 5.28. The van der Waals surface area contributed by atoms with Crippen LogP contribution in [0.4, 0.5) is 15.8 Å². The lowest BCUT2D eigenvalue weighted by atomic mass is 10.1. The fourth-order valence-corrected chi connectivity index (χ4v) is 3.92. The minimum atomic E-state index is -0.385. The van der Waals surface area contributed by atoms with Crippen molar-refractivity contribution in [1.29, 1.82) is 0 Å². The van der Waals surface area contributed by atoms with Gasteiger partial charge in [0.05, 0.1) is 22.8 Å². The highest BCUT2D eigenvalue weighted by atomic mass is 32.1. The third-order valence-electron chi connectivity index (χ3n) is 4.37. The lowest BCUT2D eigenvalue weighted by Gasteiger charge is -2.37. The zero-order valence-electron chi connectivity index (χ0n) is 15.4. The van der Waals surface area contributed by atoms with Crippen molar-refractivity contribution < 1.29 is 18.7 Å². The summed E-state index contributed by atoms with van der Waals surface area (Å²) in [6, 6.07) is 8.22. The van der Waals surface area contributed by atoms with Gasteiger partial charge in [-0.15, -0.1) is 11.3 Å². The van der Waals surface area contributed by atoms with Crippen LogP contribution in [0.5, 0.6) is 0 Å². The Bertz CT molecular complexity index is 800. The summed E-state index contributed by atoms with van der Waals surface area (Å²) >= 11 is 1.36. The number of ether oxygens (including phenoxy) is 1. The van der Waals surface area contributed by atoms with Gasteiger partial charge in [0.1, 0.15) is 5.82 Å². The van der Waals surface area contributed by atoms with Gasteiger partial charge in [0.25, 0.3) is 0 Å². The largest absolute Gasteiger partial charge is 0.372 e. The molecule has 0 saturated carbocycles. The van der Waals surface area contributed by atoms with Gasteiger partial charge in [-0.05, 0) is 43.5 Å². The second-order valence-electron chi connectivity index (χ2n) is 6.78. The average molecular weight is 390 g/mol. The number of rotatable bonds is 6. The number of carbonyl (C=O) groups is 2. The van der Waals surface area contributed by atoms with Crippen molar-refractivity contribution in [2.24, 2.45) is 0 Å². The Labute approximate surface area is 162 Å². The summed E-state index contributed by atoms with van der Waals surface area (Å²) in [6.07, 6.45) is 0.275. The number of nitrogens with zero attached hydrogens (tertiary/aromatic N) is 1. The summed E-state index contributed by atoms with van der Waals surface area (Å²) in [5.41, 5.74) is 0.891. The Kier molecular flexibility index (Phi) is 6.23. The third kappa shape index (κ3) is 5.14. The molecule has 5 nitrogen and oxygen atoms in total. The number of hydrogen-bond acceptors (Lipinski definition) is 5. The smallest absolute Gasteiger partial charge is 0.224 e. The van der Waals surface area contributed by atoms with E-state index in [4.69, 9.17) is 4.74 Å². The van der Waals surface area contributed by atoms with Crippen LogP contribution in [-0.4, -0.2) is 37.0 Å². The highest BCUT2D eigenvalue weighted by molar-refractivity contribution is 7.12. The highest BCUT2D eigenvalue weighted by Gasteiger charge is 2.24. The lowest BCUT2D eigenvalue weighted by molar-refractivity contribution is -0.116. The molecule has 1 aromatic heterocycles. The Morgan fingerprint density at radius 2 is 1.96 bits per heavy atom. The van der Waals surface area contributed by atoms with E-state index in [9.17, 15) is 14.0 Å². The molecule has 1 N–H and O–H groups in total. The quantitative estimate of drug-likeness (QED) is 0.755. The molecule has 1 amide bonds. The molecule has 2 aromatic rings. The first-order valence-electron chi connectivity index (χ1n) is 8.99. The van der Waals surface area contributed by atoms with Crippen molar-refractivity contribution in [1.82, 2.24) is 0 Å².